The van der Waals surface area contributed by atoms with Gasteiger partial charge in [0.2, 0.25) is 0 Å². The number of Topliss-reactive ketones (excluding diaryl/α,β-unsaturated/α-hetero) is 1. The minimum absolute atomic E-state index is 0.0744. The molecule has 2 nitrogen and oxygen atoms in total. The summed E-state index contributed by atoms with van der Waals surface area (Å²) >= 11 is 0. The molecule has 0 radical (unpaired) electrons. The summed E-state index contributed by atoms with van der Waals surface area (Å²) in [5, 5.41) is 0. The van der Waals surface area contributed by atoms with Crippen LogP contribution in [0.3, 0.4) is 0 Å². The van der Waals surface area contributed by atoms with Gasteiger partial charge >= 0.3 is 0 Å². The predicted octanol–water partition coefficient (Wildman–Crippen LogP) is 4.12. The number of hydrogen-bond donors (Lipinski definition) is 0. The van der Waals surface area contributed by atoms with Crippen LogP contribution in [0.5, 0.6) is 0 Å². The lowest BCUT2D eigenvalue weighted by atomic mass is 9.88. The maximum atomic E-state index is 12.2. The molecule has 0 amide bonds. The molecule has 17 heavy (non-hydrogen) atoms. The molecule has 2 unspecified atom stereocenters. The van der Waals surface area contributed by atoms with Crippen LogP contribution < -0.4 is 0 Å². The Bertz CT molecular complexity index is 488. The molecule has 1 aromatic rings. The summed E-state index contributed by atoms with van der Waals surface area (Å²) in [5.41, 5.74) is 3.78. The molecule has 1 heterocycles. The maximum absolute atomic E-state index is 12.2. The van der Waals surface area contributed by atoms with Crippen molar-refractivity contribution < 1.29 is 4.79 Å². The number of carbonyl (C=O) groups excluding carboxylic acids is 1. The Hall–Kier alpha value is -1.44. The molecular formula is C15H19NO. The molecule has 0 aromatic heterocycles. The molecule has 2 atom stereocenters. The summed E-state index contributed by atoms with van der Waals surface area (Å²) < 4.78 is 0. The highest BCUT2D eigenvalue weighted by Crippen LogP contribution is 2.31. The summed E-state index contributed by atoms with van der Waals surface area (Å²) in [7, 11) is 0. The Morgan fingerprint density at radius 3 is 2.76 bits per heavy atom. The second-order valence-corrected chi connectivity index (χ2v) is 4.93. The Labute approximate surface area is 103 Å². The SMILES string of the molecule is CCC(C)c1ccc2c(c1)C(=O)C(C)C(C)=N2. The lowest BCUT2D eigenvalue weighted by Crippen LogP contribution is -2.22. The highest BCUT2D eigenvalue weighted by Gasteiger charge is 2.25. The number of nitrogens with zero attached hydrogens (tertiary/aromatic N) is 1. The molecule has 1 aromatic carbocycles. The van der Waals surface area contributed by atoms with Crippen LogP contribution in [0.25, 0.3) is 0 Å². The largest absolute Gasteiger partial charge is 0.293 e. The number of ketones is 1. The van der Waals surface area contributed by atoms with Crippen molar-refractivity contribution in [2.24, 2.45) is 10.9 Å². The molecule has 0 N–H and O–H groups in total. The number of benzene rings is 1. The van der Waals surface area contributed by atoms with Crippen molar-refractivity contribution in [2.45, 2.75) is 40.0 Å². The van der Waals surface area contributed by atoms with Crippen molar-refractivity contribution in [1.82, 2.24) is 0 Å². The number of rotatable bonds is 2. The van der Waals surface area contributed by atoms with Crippen molar-refractivity contribution in [3.05, 3.63) is 29.3 Å². The van der Waals surface area contributed by atoms with Crippen molar-refractivity contribution in [1.29, 1.82) is 0 Å². The van der Waals surface area contributed by atoms with Crippen LogP contribution in [-0.2, 0) is 0 Å². The molecule has 90 valence electrons. The first-order chi connectivity index (χ1) is 8.04. The van der Waals surface area contributed by atoms with Gasteiger partial charge in [-0.2, -0.15) is 0 Å². The zero-order valence-electron chi connectivity index (χ0n) is 10.9. The Morgan fingerprint density at radius 2 is 2.12 bits per heavy atom. The Morgan fingerprint density at radius 1 is 1.41 bits per heavy atom. The van der Waals surface area contributed by atoms with E-state index in [2.05, 4.69) is 24.9 Å². The van der Waals surface area contributed by atoms with Gasteiger partial charge in [-0.15, -0.1) is 0 Å². The first-order valence-corrected chi connectivity index (χ1v) is 6.28. The zero-order chi connectivity index (χ0) is 12.6. The lowest BCUT2D eigenvalue weighted by molar-refractivity contribution is 0.0960. The van der Waals surface area contributed by atoms with E-state index < -0.39 is 0 Å². The van der Waals surface area contributed by atoms with Gasteiger partial charge in [0.1, 0.15) is 0 Å². The third-order valence-corrected chi connectivity index (χ3v) is 3.78. The third kappa shape index (κ3) is 2.04. The van der Waals surface area contributed by atoms with Gasteiger partial charge in [0.15, 0.2) is 5.78 Å². The van der Waals surface area contributed by atoms with Gasteiger partial charge in [0.25, 0.3) is 0 Å². The molecule has 1 aliphatic rings. The molecule has 0 fully saturated rings. The van der Waals surface area contributed by atoms with Crippen molar-refractivity contribution in [3.8, 4) is 0 Å². The van der Waals surface area contributed by atoms with E-state index in [1.54, 1.807) is 0 Å². The van der Waals surface area contributed by atoms with Gasteiger partial charge in [0.05, 0.1) is 11.6 Å². The summed E-state index contributed by atoms with van der Waals surface area (Å²) in [6.45, 7) is 8.21. The van der Waals surface area contributed by atoms with E-state index in [0.717, 1.165) is 23.4 Å². The van der Waals surface area contributed by atoms with E-state index in [9.17, 15) is 4.79 Å². The van der Waals surface area contributed by atoms with Gasteiger partial charge in [-0.1, -0.05) is 19.9 Å². The van der Waals surface area contributed by atoms with E-state index in [1.165, 1.54) is 5.56 Å². The van der Waals surface area contributed by atoms with Gasteiger partial charge in [-0.3, -0.25) is 9.79 Å². The van der Waals surface area contributed by atoms with Gasteiger partial charge in [0, 0.05) is 11.3 Å². The van der Waals surface area contributed by atoms with E-state index in [1.807, 2.05) is 26.0 Å². The van der Waals surface area contributed by atoms with Crippen LogP contribution in [0.4, 0.5) is 5.69 Å². The monoisotopic (exact) mass is 229 g/mol. The number of hydrogen-bond acceptors (Lipinski definition) is 2. The maximum Gasteiger partial charge on any atom is 0.173 e. The first kappa shape index (κ1) is 12.0. The minimum atomic E-state index is -0.0744. The number of aliphatic imine (C=N–C) groups is 1. The molecule has 0 spiro atoms. The molecule has 0 saturated carbocycles. The van der Waals surface area contributed by atoms with Gasteiger partial charge in [-0.25, -0.2) is 0 Å². The molecule has 2 rings (SSSR count). The van der Waals surface area contributed by atoms with Gasteiger partial charge < -0.3 is 0 Å². The smallest absolute Gasteiger partial charge is 0.173 e. The molecule has 1 aliphatic heterocycles. The van der Waals surface area contributed by atoms with Crippen molar-refractivity contribution >= 4 is 17.2 Å². The van der Waals surface area contributed by atoms with Crippen LogP contribution in [0.1, 0.15) is 56.0 Å². The summed E-state index contributed by atoms with van der Waals surface area (Å²) in [5.74, 6) is 0.628. The lowest BCUT2D eigenvalue weighted by Gasteiger charge is -2.20. The van der Waals surface area contributed by atoms with Crippen molar-refractivity contribution in [2.75, 3.05) is 0 Å². The normalized spacial score (nSPS) is 20.8. The standard InChI is InChI=1S/C15H19NO/c1-5-9(2)12-6-7-14-13(8-12)15(17)10(3)11(4)16-14/h6-10H,5H2,1-4H3. The second-order valence-electron chi connectivity index (χ2n) is 4.93. The highest BCUT2D eigenvalue weighted by molar-refractivity contribution is 6.17. The summed E-state index contributed by atoms with van der Waals surface area (Å²) in [6, 6.07) is 6.09. The summed E-state index contributed by atoms with van der Waals surface area (Å²) in [6.07, 6.45) is 1.09. The zero-order valence-corrected chi connectivity index (χ0v) is 10.9. The molecular weight excluding hydrogens is 210 g/mol. The van der Waals surface area contributed by atoms with Crippen LogP contribution in [-0.4, -0.2) is 11.5 Å². The fraction of sp³-hybridized carbons (Fsp3) is 0.467. The molecule has 0 saturated heterocycles. The fourth-order valence-electron chi connectivity index (χ4n) is 2.10. The molecule has 0 bridgehead atoms. The number of fused-ring (bicyclic) bond motifs is 1. The van der Waals surface area contributed by atoms with E-state index in [4.69, 9.17) is 0 Å². The molecule has 0 aliphatic carbocycles. The van der Waals surface area contributed by atoms with Crippen LogP contribution >= 0.6 is 0 Å². The minimum Gasteiger partial charge on any atom is -0.293 e. The average molecular weight is 229 g/mol. The third-order valence-electron chi connectivity index (χ3n) is 3.78. The van der Waals surface area contributed by atoms with Gasteiger partial charge in [-0.05, 0) is 43.9 Å². The predicted molar refractivity (Wildman–Crippen MR) is 71.4 cm³/mol. The average Bonchev–Trinajstić information content (AvgIpc) is 2.35. The fourth-order valence-corrected chi connectivity index (χ4v) is 2.10. The Balaban J connectivity index is 2.50. The molecule has 2 heteroatoms. The first-order valence-electron chi connectivity index (χ1n) is 6.28. The number of carbonyl (C=O) groups is 1. The van der Waals surface area contributed by atoms with Crippen LogP contribution in [0.2, 0.25) is 0 Å². The van der Waals surface area contributed by atoms with Crippen LogP contribution in [0, 0.1) is 5.92 Å². The second kappa shape index (κ2) is 4.44. The topological polar surface area (TPSA) is 29.4 Å². The van der Waals surface area contributed by atoms with E-state index in [-0.39, 0.29) is 11.7 Å². The summed E-state index contributed by atoms with van der Waals surface area (Å²) in [4.78, 5) is 16.7. The Kier molecular flexibility index (Phi) is 3.14. The quantitative estimate of drug-likeness (QED) is 0.750. The van der Waals surface area contributed by atoms with E-state index >= 15 is 0 Å². The van der Waals surface area contributed by atoms with Crippen LogP contribution in [0.15, 0.2) is 23.2 Å². The highest BCUT2D eigenvalue weighted by atomic mass is 16.1. The van der Waals surface area contributed by atoms with Crippen molar-refractivity contribution in [3.63, 3.8) is 0 Å². The van der Waals surface area contributed by atoms with E-state index in [0.29, 0.717) is 5.92 Å².